The number of pyridine rings is 1. The summed E-state index contributed by atoms with van der Waals surface area (Å²) in [6.45, 7) is 2.54. The molecule has 0 radical (unpaired) electrons. The topological polar surface area (TPSA) is 67.1 Å². The van der Waals surface area contributed by atoms with Gasteiger partial charge in [-0.2, -0.15) is 16.3 Å². The fourth-order valence-corrected chi connectivity index (χ4v) is 3.09. The average molecular weight is 329 g/mol. The van der Waals surface area contributed by atoms with Crippen molar-refractivity contribution in [3.8, 4) is 11.5 Å². The predicted molar refractivity (Wildman–Crippen MR) is 91.5 cm³/mol. The number of hydrogen-bond acceptors (Lipinski definition) is 7. The molecule has 0 unspecified atom stereocenters. The third-order valence-corrected chi connectivity index (χ3v) is 4.28. The van der Waals surface area contributed by atoms with Crippen LogP contribution in [-0.4, -0.2) is 40.7 Å². The minimum atomic E-state index is 0.264. The van der Waals surface area contributed by atoms with E-state index in [2.05, 4.69) is 56.3 Å². The Balaban J connectivity index is 1.80. The summed E-state index contributed by atoms with van der Waals surface area (Å²) in [6, 6.07) is 6.21. The molecule has 0 saturated heterocycles. The predicted octanol–water partition coefficient (Wildman–Crippen LogP) is 3.22. The maximum Gasteiger partial charge on any atom is 0.261 e. The minimum absolute atomic E-state index is 0.264. The molecule has 0 aliphatic carbocycles. The van der Waals surface area contributed by atoms with E-state index in [0.29, 0.717) is 11.7 Å². The van der Waals surface area contributed by atoms with Crippen molar-refractivity contribution in [1.29, 1.82) is 0 Å². The van der Waals surface area contributed by atoms with Crippen molar-refractivity contribution in [2.24, 2.45) is 0 Å². The van der Waals surface area contributed by atoms with E-state index in [4.69, 9.17) is 4.52 Å². The Morgan fingerprint density at radius 2 is 2.22 bits per heavy atom. The zero-order valence-corrected chi connectivity index (χ0v) is 14.2. The highest BCUT2D eigenvalue weighted by Gasteiger charge is 2.17. The first-order chi connectivity index (χ1) is 11.1. The number of aromatic nitrogens is 3. The number of nitrogens with zero attached hydrogens (tertiary/aromatic N) is 4. The first-order valence-electron chi connectivity index (χ1n) is 7.33. The summed E-state index contributed by atoms with van der Waals surface area (Å²) >= 11 is 1.71. The standard InChI is InChI=1S/C16H19N5OS/c1-11-19-16(22-20-11)13-5-4-7-17-15(13)18-9-14(21(2)3)12-6-8-23-10-12/h4-8,10,14H,9H2,1-3H3,(H,17,18)/t14-/m1/s1. The van der Waals surface area contributed by atoms with Crippen LogP contribution in [-0.2, 0) is 0 Å². The molecular weight excluding hydrogens is 310 g/mol. The van der Waals surface area contributed by atoms with Gasteiger partial charge in [0.15, 0.2) is 5.82 Å². The Kier molecular flexibility index (Phi) is 4.68. The van der Waals surface area contributed by atoms with Crippen molar-refractivity contribution in [2.45, 2.75) is 13.0 Å². The largest absolute Gasteiger partial charge is 0.367 e. The summed E-state index contributed by atoms with van der Waals surface area (Å²) in [5.74, 6) is 1.84. The Labute approximate surface area is 139 Å². The SMILES string of the molecule is Cc1noc(-c2cccnc2NC[C@H](c2ccsc2)N(C)C)n1. The normalized spacial score (nSPS) is 12.5. The van der Waals surface area contributed by atoms with E-state index >= 15 is 0 Å². The smallest absolute Gasteiger partial charge is 0.261 e. The first kappa shape index (κ1) is 15.6. The fourth-order valence-electron chi connectivity index (χ4n) is 2.38. The number of hydrogen-bond donors (Lipinski definition) is 1. The van der Waals surface area contributed by atoms with Gasteiger partial charge in [0.1, 0.15) is 5.82 Å². The number of rotatable bonds is 6. The third-order valence-electron chi connectivity index (χ3n) is 3.58. The number of aryl methyl sites for hydroxylation is 1. The minimum Gasteiger partial charge on any atom is -0.367 e. The summed E-state index contributed by atoms with van der Waals surface area (Å²) < 4.78 is 5.27. The lowest BCUT2D eigenvalue weighted by Gasteiger charge is -2.24. The van der Waals surface area contributed by atoms with E-state index in [0.717, 1.165) is 17.9 Å². The molecular formula is C16H19N5OS. The van der Waals surface area contributed by atoms with Crippen molar-refractivity contribution in [2.75, 3.05) is 26.0 Å². The Morgan fingerprint density at radius 1 is 1.35 bits per heavy atom. The van der Waals surface area contributed by atoms with Crippen LogP contribution < -0.4 is 5.32 Å². The molecule has 23 heavy (non-hydrogen) atoms. The van der Waals surface area contributed by atoms with Crippen LogP contribution in [0.25, 0.3) is 11.5 Å². The molecule has 120 valence electrons. The van der Waals surface area contributed by atoms with Gasteiger partial charge in [-0.25, -0.2) is 4.98 Å². The van der Waals surface area contributed by atoms with Gasteiger partial charge in [-0.05, 0) is 55.5 Å². The second-order valence-corrected chi connectivity index (χ2v) is 6.24. The van der Waals surface area contributed by atoms with E-state index in [9.17, 15) is 0 Å². The van der Waals surface area contributed by atoms with E-state index in [1.165, 1.54) is 5.56 Å². The Bertz CT molecular complexity index is 753. The van der Waals surface area contributed by atoms with E-state index in [1.54, 1.807) is 24.5 Å². The summed E-state index contributed by atoms with van der Waals surface area (Å²) in [6.07, 6.45) is 1.75. The van der Waals surface area contributed by atoms with Crippen LogP contribution in [0.2, 0.25) is 0 Å². The van der Waals surface area contributed by atoms with Crippen molar-refractivity contribution in [3.05, 3.63) is 46.5 Å². The van der Waals surface area contributed by atoms with Crippen LogP contribution in [0.3, 0.4) is 0 Å². The molecule has 0 aromatic carbocycles. The molecule has 3 aromatic rings. The van der Waals surface area contributed by atoms with Crippen LogP contribution in [0, 0.1) is 6.92 Å². The zero-order valence-electron chi connectivity index (χ0n) is 13.4. The summed E-state index contributed by atoms with van der Waals surface area (Å²) in [4.78, 5) is 10.9. The number of thiophene rings is 1. The van der Waals surface area contributed by atoms with Gasteiger partial charge in [-0.1, -0.05) is 5.16 Å². The van der Waals surface area contributed by atoms with E-state index in [-0.39, 0.29) is 6.04 Å². The molecule has 0 spiro atoms. The van der Waals surface area contributed by atoms with Crippen LogP contribution in [0.4, 0.5) is 5.82 Å². The van der Waals surface area contributed by atoms with Crippen molar-refractivity contribution in [1.82, 2.24) is 20.0 Å². The molecule has 6 nitrogen and oxygen atoms in total. The number of nitrogens with one attached hydrogen (secondary N) is 1. The van der Waals surface area contributed by atoms with Crippen molar-refractivity contribution >= 4 is 17.2 Å². The molecule has 3 rings (SSSR count). The molecule has 0 aliphatic heterocycles. The Hall–Kier alpha value is -2.25. The van der Waals surface area contributed by atoms with Gasteiger partial charge in [0.2, 0.25) is 0 Å². The van der Waals surface area contributed by atoms with E-state index < -0.39 is 0 Å². The molecule has 0 aliphatic rings. The molecule has 0 bridgehead atoms. The first-order valence-corrected chi connectivity index (χ1v) is 8.27. The maximum absolute atomic E-state index is 5.27. The van der Waals surface area contributed by atoms with Crippen molar-refractivity contribution < 1.29 is 4.52 Å². The molecule has 7 heteroatoms. The quantitative estimate of drug-likeness (QED) is 0.749. The molecule has 3 aromatic heterocycles. The molecule has 0 amide bonds. The Morgan fingerprint density at radius 3 is 2.87 bits per heavy atom. The fraction of sp³-hybridized carbons (Fsp3) is 0.312. The lowest BCUT2D eigenvalue weighted by molar-refractivity contribution is 0.312. The van der Waals surface area contributed by atoms with Gasteiger partial charge < -0.3 is 14.7 Å². The van der Waals surface area contributed by atoms with Gasteiger partial charge in [0, 0.05) is 12.7 Å². The highest BCUT2D eigenvalue weighted by molar-refractivity contribution is 7.07. The van der Waals surface area contributed by atoms with Gasteiger partial charge >= 0.3 is 0 Å². The van der Waals surface area contributed by atoms with Crippen molar-refractivity contribution in [3.63, 3.8) is 0 Å². The molecule has 0 fully saturated rings. The van der Waals surface area contributed by atoms with E-state index in [1.807, 2.05) is 12.1 Å². The lowest BCUT2D eigenvalue weighted by atomic mass is 10.1. The number of anilines is 1. The maximum atomic E-state index is 5.27. The monoisotopic (exact) mass is 329 g/mol. The summed E-state index contributed by atoms with van der Waals surface area (Å²) in [7, 11) is 4.15. The second-order valence-electron chi connectivity index (χ2n) is 5.46. The molecule has 1 N–H and O–H groups in total. The van der Waals surface area contributed by atoms with Gasteiger partial charge in [-0.3, -0.25) is 0 Å². The molecule has 3 heterocycles. The summed E-state index contributed by atoms with van der Waals surface area (Å²) in [5.41, 5.74) is 2.11. The highest BCUT2D eigenvalue weighted by atomic mass is 32.1. The van der Waals surface area contributed by atoms with Crippen LogP contribution in [0.15, 0.2) is 39.7 Å². The molecule has 0 saturated carbocycles. The van der Waals surface area contributed by atoms with Crippen LogP contribution in [0.1, 0.15) is 17.4 Å². The lowest BCUT2D eigenvalue weighted by Crippen LogP contribution is -2.26. The van der Waals surface area contributed by atoms with Gasteiger partial charge in [-0.15, -0.1) is 0 Å². The van der Waals surface area contributed by atoms with Crippen LogP contribution in [0.5, 0.6) is 0 Å². The summed E-state index contributed by atoms with van der Waals surface area (Å²) in [5, 5.41) is 11.5. The third kappa shape index (κ3) is 3.57. The van der Waals surface area contributed by atoms with Gasteiger partial charge in [0.25, 0.3) is 5.89 Å². The zero-order chi connectivity index (χ0) is 16.2. The second kappa shape index (κ2) is 6.89. The van der Waals surface area contributed by atoms with Crippen LogP contribution >= 0.6 is 11.3 Å². The highest BCUT2D eigenvalue weighted by Crippen LogP contribution is 2.26. The number of likely N-dealkylation sites (N-methyl/N-ethyl adjacent to an activating group) is 1. The average Bonchev–Trinajstić information content (AvgIpc) is 3.19. The van der Waals surface area contributed by atoms with Gasteiger partial charge in [0.05, 0.1) is 11.6 Å². The molecule has 1 atom stereocenters.